The van der Waals surface area contributed by atoms with Gasteiger partial charge in [-0.1, -0.05) is 18.2 Å². The Morgan fingerprint density at radius 3 is 2.69 bits per heavy atom. The van der Waals surface area contributed by atoms with Crippen LogP contribution in [0.3, 0.4) is 0 Å². The molecule has 2 aliphatic rings. The number of benzene rings is 1. The number of hydrogen-bond acceptors (Lipinski definition) is 4. The molecule has 0 N–H and O–H groups in total. The van der Waals surface area contributed by atoms with E-state index in [9.17, 15) is 9.59 Å². The predicted octanol–water partition coefficient (Wildman–Crippen LogP) is 4.93. The van der Waals surface area contributed by atoms with E-state index >= 15 is 0 Å². The van der Waals surface area contributed by atoms with Crippen LogP contribution in [0.4, 0.5) is 4.79 Å². The number of carbonyl (C=O) groups is 2. The predicted molar refractivity (Wildman–Crippen MR) is 131 cm³/mol. The molecule has 0 unspecified atom stereocenters. The molecule has 0 radical (unpaired) electrons. The van der Waals surface area contributed by atoms with Crippen LogP contribution >= 0.6 is 15.9 Å². The van der Waals surface area contributed by atoms with Gasteiger partial charge in [0, 0.05) is 44.7 Å². The fraction of sp³-hybridized carbons (Fsp3) is 0.520. The van der Waals surface area contributed by atoms with Crippen molar-refractivity contribution in [3.63, 3.8) is 0 Å². The lowest BCUT2D eigenvalue weighted by Gasteiger charge is -2.40. The van der Waals surface area contributed by atoms with Gasteiger partial charge in [0.1, 0.15) is 5.60 Å². The summed E-state index contributed by atoms with van der Waals surface area (Å²) < 4.78 is 86.3. The molecule has 172 valence electrons. The summed E-state index contributed by atoms with van der Waals surface area (Å²) in [4.78, 5) is 28.6. The van der Waals surface area contributed by atoms with E-state index in [1.54, 1.807) is 50.9 Å². The molecule has 6 nitrogen and oxygen atoms in total. The van der Waals surface area contributed by atoms with Gasteiger partial charge in [-0.15, -0.1) is 0 Å². The summed E-state index contributed by atoms with van der Waals surface area (Å²) in [5.41, 5.74) is 1.95. The second-order valence-electron chi connectivity index (χ2n) is 9.07. The smallest absolute Gasteiger partial charge is 0.419 e. The Bertz CT molecular complexity index is 1450. The molecule has 0 bridgehead atoms. The minimum absolute atomic E-state index is 0.0621. The summed E-state index contributed by atoms with van der Waals surface area (Å²) in [5.74, 6) is -2.58. The molecule has 1 aliphatic heterocycles. The van der Waals surface area contributed by atoms with E-state index in [0.717, 1.165) is 10.9 Å². The van der Waals surface area contributed by atoms with E-state index < -0.39 is 50.2 Å². The van der Waals surface area contributed by atoms with Gasteiger partial charge < -0.3 is 9.64 Å². The summed E-state index contributed by atoms with van der Waals surface area (Å²) in [5, 5.41) is 0.728. The molecule has 4 rings (SSSR count). The van der Waals surface area contributed by atoms with Gasteiger partial charge in [0.05, 0.1) is 16.0 Å². The Morgan fingerprint density at radius 1 is 1.31 bits per heavy atom. The van der Waals surface area contributed by atoms with Crippen molar-refractivity contribution in [2.45, 2.75) is 52.5 Å². The molecule has 1 aromatic heterocycles. The van der Waals surface area contributed by atoms with E-state index in [2.05, 4.69) is 15.9 Å². The van der Waals surface area contributed by atoms with Crippen LogP contribution in [0.25, 0.3) is 16.5 Å². The topological polar surface area (TPSA) is 54.8 Å². The highest BCUT2D eigenvalue weighted by atomic mass is 79.9. The molecule has 1 aliphatic carbocycles. The normalized spacial score (nSPS) is 27.0. The summed E-state index contributed by atoms with van der Waals surface area (Å²) >= 11 is 3.58. The second kappa shape index (κ2) is 8.34. The fourth-order valence-corrected chi connectivity index (χ4v) is 5.23. The van der Waals surface area contributed by atoms with Gasteiger partial charge in [0.2, 0.25) is 5.91 Å². The van der Waals surface area contributed by atoms with Crippen LogP contribution in [-0.4, -0.2) is 64.6 Å². The molecule has 1 amide bonds. The standard InChI is InChI=1S/C25H32BrN3O3/c1-7-28(8-2)23(30)15-12-17-16-10-9-11-19-21(16)18(13-20(17)27(6)14-15)22(26)29(19)24(31)32-25(3,4)5/h9-12,15,20H,7-8,13-14H2,1-6H3/t15-,20-/m1/s1/i1D3,2D3,7D2,8D2. The molecular formula is C25H32BrN3O3. The van der Waals surface area contributed by atoms with E-state index in [4.69, 9.17) is 18.4 Å². The minimum atomic E-state index is -3.63. The largest absolute Gasteiger partial charge is 0.443 e. The van der Waals surface area contributed by atoms with Gasteiger partial charge in [0.25, 0.3) is 0 Å². The average Bonchev–Trinajstić information content (AvgIpc) is 3.09. The first-order chi connectivity index (χ1) is 18.9. The van der Waals surface area contributed by atoms with Gasteiger partial charge in [-0.3, -0.25) is 9.69 Å². The van der Waals surface area contributed by atoms with Crippen LogP contribution < -0.4 is 0 Å². The summed E-state index contributed by atoms with van der Waals surface area (Å²) in [6.45, 7) is -9.14. The third-order valence-electron chi connectivity index (χ3n) is 5.83. The monoisotopic (exact) mass is 511 g/mol. The van der Waals surface area contributed by atoms with Crippen LogP contribution in [0.15, 0.2) is 28.9 Å². The zero-order valence-corrected chi connectivity index (χ0v) is 19.9. The third-order valence-corrected chi connectivity index (χ3v) is 6.67. The van der Waals surface area contributed by atoms with Crippen molar-refractivity contribution in [3.05, 3.63) is 40.0 Å². The molecule has 0 saturated carbocycles. The maximum atomic E-state index is 13.9. The van der Waals surface area contributed by atoms with Crippen LogP contribution in [0.1, 0.15) is 59.3 Å². The maximum Gasteiger partial charge on any atom is 0.419 e. The highest BCUT2D eigenvalue weighted by Gasteiger charge is 2.38. The molecular weight excluding hydrogens is 470 g/mol. The molecule has 0 saturated heterocycles. The number of hydrogen-bond donors (Lipinski definition) is 0. The second-order valence-corrected chi connectivity index (χ2v) is 9.82. The van der Waals surface area contributed by atoms with Crippen LogP contribution in [-0.2, 0) is 16.0 Å². The number of aromatic nitrogens is 1. The molecule has 2 heterocycles. The van der Waals surface area contributed by atoms with Crippen molar-refractivity contribution in [2.24, 2.45) is 5.92 Å². The number of fused-ring (bicyclic) bond motifs is 2. The number of rotatable bonds is 3. The summed E-state index contributed by atoms with van der Waals surface area (Å²) in [7, 11) is 1.71. The third kappa shape index (κ3) is 3.79. The number of likely N-dealkylation sites (N-methyl/N-ethyl adjacent to an activating group) is 1. The highest BCUT2D eigenvalue weighted by Crippen LogP contribution is 2.45. The van der Waals surface area contributed by atoms with Gasteiger partial charge in [0.15, 0.2) is 0 Å². The Balaban J connectivity index is 1.88. The number of carbonyl (C=O) groups excluding carboxylic acids is 2. The van der Waals surface area contributed by atoms with Gasteiger partial charge in [-0.05, 0) is 86.6 Å². The lowest BCUT2D eigenvalue weighted by atomic mass is 9.79. The first-order valence-electron chi connectivity index (χ1n) is 15.2. The fourth-order valence-electron chi connectivity index (χ4n) is 4.54. The number of ether oxygens (including phenoxy) is 1. The number of halogens is 1. The van der Waals surface area contributed by atoms with Crippen LogP contribution in [0, 0.1) is 5.92 Å². The summed E-state index contributed by atoms with van der Waals surface area (Å²) in [6.07, 6.45) is 1.36. The van der Waals surface area contributed by atoms with E-state index in [1.165, 1.54) is 10.6 Å². The van der Waals surface area contributed by atoms with Crippen molar-refractivity contribution in [3.8, 4) is 0 Å². The van der Waals surface area contributed by atoms with Crippen LogP contribution in [0.5, 0.6) is 0 Å². The Kier molecular flexibility index (Phi) is 3.53. The first kappa shape index (κ1) is 13.6. The zero-order valence-electron chi connectivity index (χ0n) is 28.3. The van der Waals surface area contributed by atoms with Gasteiger partial charge >= 0.3 is 6.09 Å². The lowest BCUT2D eigenvalue weighted by molar-refractivity contribution is -0.134. The minimum Gasteiger partial charge on any atom is -0.443 e. The SMILES string of the molecule is [2H]C([2H])([2H])C([2H])([2H])N(C(=O)[C@@H]1C=C2c3cccc4c3c(c(Br)n4C(=O)OC(C)(C)C)C[C@H]2N(C)C1)C([2H])([2H])C([2H])([2H])[2H]. The maximum absolute atomic E-state index is 13.9. The van der Waals surface area contributed by atoms with Crippen molar-refractivity contribution in [2.75, 3.05) is 26.6 Å². The van der Waals surface area contributed by atoms with Crippen molar-refractivity contribution < 1.29 is 28.0 Å². The zero-order chi connectivity index (χ0) is 32.0. The van der Waals surface area contributed by atoms with Crippen molar-refractivity contribution >= 4 is 44.4 Å². The van der Waals surface area contributed by atoms with Gasteiger partial charge in [-0.25, -0.2) is 9.36 Å². The molecule has 0 fully saturated rings. The number of amides is 1. The van der Waals surface area contributed by atoms with Crippen molar-refractivity contribution in [1.29, 1.82) is 0 Å². The van der Waals surface area contributed by atoms with Crippen LogP contribution in [0.2, 0.25) is 0 Å². The molecule has 1 aromatic carbocycles. The molecule has 7 heteroatoms. The first-order valence-corrected chi connectivity index (χ1v) is 11.0. The molecule has 32 heavy (non-hydrogen) atoms. The van der Waals surface area contributed by atoms with E-state index in [0.29, 0.717) is 27.7 Å². The molecule has 2 aromatic rings. The lowest BCUT2D eigenvalue weighted by Crippen LogP contribution is -2.47. The molecule has 2 atom stereocenters. The average molecular weight is 513 g/mol. The van der Waals surface area contributed by atoms with E-state index in [1.807, 2.05) is 0 Å². The number of nitrogens with zero attached hydrogens (tertiary/aromatic N) is 3. The van der Waals surface area contributed by atoms with Crippen molar-refractivity contribution in [1.82, 2.24) is 14.4 Å². The Labute approximate surface area is 212 Å². The van der Waals surface area contributed by atoms with Gasteiger partial charge in [-0.2, -0.15) is 0 Å². The van der Waals surface area contributed by atoms with E-state index in [-0.39, 0.29) is 17.5 Å². The Morgan fingerprint density at radius 2 is 2.03 bits per heavy atom. The highest BCUT2D eigenvalue weighted by molar-refractivity contribution is 9.10. The quantitative estimate of drug-likeness (QED) is 0.586. The summed E-state index contributed by atoms with van der Waals surface area (Å²) in [6, 6.07) is 4.99. The Hall–Kier alpha value is -2.12. The molecule has 0 spiro atoms.